The van der Waals surface area contributed by atoms with Gasteiger partial charge in [0.05, 0.1) is 9.95 Å². The van der Waals surface area contributed by atoms with E-state index < -0.39 is 4.92 Å². The van der Waals surface area contributed by atoms with Gasteiger partial charge in [-0.25, -0.2) is 0 Å². The van der Waals surface area contributed by atoms with E-state index in [-0.39, 0.29) is 17.3 Å². The van der Waals surface area contributed by atoms with Crippen LogP contribution in [-0.2, 0) is 0 Å². The molecule has 0 aromatic heterocycles. The molecule has 0 fully saturated rings. The van der Waals surface area contributed by atoms with Crippen LogP contribution < -0.4 is 0 Å². The van der Waals surface area contributed by atoms with Crippen molar-refractivity contribution in [1.29, 1.82) is 0 Å². The van der Waals surface area contributed by atoms with Gasteiger partial charge in [0.1, 0.15) is 0 Å². The van der Waals surface area contributed by atoms with Crippen molar-refractivity contribution in [3.63, 3.8) is 0 Å². The van der Waals surface area contributed by atoms with Gasteiger partial charge in [0.15, 0.2) is 0 Å². The summed E-state index contributed by atoms with van der Waals surface area (Å²) in [7, 11) is 0. The summed E-state index contributed by atoms with van der Waals surface area (Å²) in [6.07, 6.45) is 3.26. The third-order valence-corrected chi connectivity index (χ3v) is 2.07. The molecule has 16 heavy (non-hydrogen) atoms. The first-order valence-corrected chi connectivity index (χ1v) is 4.64. The molecule has 0 unspecified atom stereocenters. The van der Waals surface area contributed by atoms with E-state index in [2.05, 4.69) is 10.0 Å². The molecule has 0 aliphatic rings. The van der Waals surface area contributed by atoms with E-state index in [4.69, 9.17) is 17.1 Å². The minimum Gasteiger partial charge on any atom is -0.258 e. The number of nitro groups is 1. The molecule has 7 heteroatoms. The van der Waals surface area contributed by atoms with Gasteiger partial charge in [-0.1, -0.05) is 28.9 Å². The fourth-order valence-corrected chi connectivity index (χ4v) is 1.27. The Morgan fingerprint density at radius 1 is 1.62 bits per heavy atom. The summed E-state index contributed by atoms with van der Waals surface area (Å²) in [5.74, 6) is 0. The fraction of sp³-hybridized carbons (Fsp3) is 0.111. The number of hydrogen-bond donors (Lipinski definition) is 0. The average molecular weight is 239 g/mol. The Balaban J connectivity index is 2.86. The van der Waals surface area contributed by atoms with Crippen molar-refractivity contribution in [2.45, 2.75) is 0 Å². The highest BCUT2D eigenvalue weighted by atomic mass is 35.5. The monoisotopic (exact) mass is 238 g/mol. The Kier molecular flexibility index (Phi) is 4.32. The molecule has 0 N–H and O–H groups in total. The van der Waals surface area contributed by atoms with Crippen molar-refractivity contribution in [1.82, 2.24) is 0 Å². The molecule has 0 saturated heterocycles. The van der Waals surface area contributed by atoms with Crippen molar-refractivity contribution >= 4 is 23.4 Å². The molecule has 0 heterocycles. The number of benzene rings is 1. The van der Waals surface area contributed by atoms with Crippen LogP contribution >= 0.6 is 11.6 Å². The minimum atomic E-state index is -0.515. The lowest BCUT2D eigenvalue weighted by atomic mass is 10.2. The molecule has 0 amide bonds. The highest BCUT2D eigenvalue weighted by Gasteiger charge is 2.07. The second kappa shape index (κ2) is 5.75. The standard InChI is InChI=1S/C9H7ClN4O2/c10-9-6-8(14(15)16)4-3-7(9)2-1-5-12-13-11/h1-4,6H,5H2. The number of rotatable bonds is 4. The molecule has 1 aromatic rings. The molecule has 0 saturated carbocycles. The summed E-state index contributed by atoms with van der Waals surface area (Å²) in [5.41, 5.74) is 8.62. The summed E-state index contributed by atoms with van der Waals surface area (Å²) >= 11 is 5.83. The second-order valence-electron chi connectivity index (χ2n) is 2.78. The van der Waals surface area contributed by atoms with E-state index in [0.29, 0.717) is 5.56 Å². The van der Waals surface area contributed by atoms with Crippen molar-refractivity contribution in [3.05, 3.63) is 55.4 Å². The predicted octanol–water partition coefficient (Wildman–Crippen LogP) is 3.57. The number of non-ortho nitro benzene ring substituents is 1. The molecule has 1 rings (SSSR count). The molecule has 0 bridgehead atoms. The highest BCUT2D eigenvalue weighted by molar-refractivity contribution is 6.32. The first kappa shape index (κ1) is 12.0. The second-order valence-corrected chi connectivity index (χ2v) is 3.19. The van der Waals surface area contributed by atoms with E-state index in [1.807, 2.05) is 0 Å². The van der Waals surface area contributed by atoms with Crippen LogP contribution in [0.5, 0.6) is 0 Å². The van der Waals surface area contributed by atoms with Gasteiger partial charge >= 0.3 is 0 Å². The van der Waals surface area contributed by atoms with Gasteiger partial charge in [-0.15, -0.1) is 0 Å². The third-order valence-electron chi connectivity index (χ3n) is 1.74. The lowest BCUT2D eigenvalue weighted by Crippen LogP contribution is -1.88. The fourth-order valence-electron chi connectivity index (χ4n) is 1.03. The van der Waals surface area contributed by atoms with Crippen LogP contribution in [0.3, 0.4) is 0 Å². The molecule has 6 nitrogen and oxygen atoms in total. The van der Waals surface area contributed by atoms with Crippen LogP contribution in [0, 0.1) is 10.1 Å². The summed E-state index contributed by atoms with van der Waals surface area (Å²) in [4.78, 5) is 12.5. The van der Waals surface area contributed by atoms with Gasteiger partial charge in [-0.2, -0.15) is 0 Å². The molecular formula is C9H7ClN4O2. The van der Waals surface area contributed by atoms with Gasteiger partial charge in [0.2, 0.25) is 0 Å². The number of halogens is 1. The van der Waals surface area contributed by atoms with Gasteiger partial charge in [0, 0.05) is 23.6 Å². The van der Waals surface area contributed by atoms with Crippen LogP contribution in [-0.4, -0.2) is 11.5 Å². The molecule has 0 atom stereocenters. The Hall–Kier alpha value is -2.04. The van der Waals surface area contributed by atoms with Gasteiger partial charge in [-0.05, 0) is 17.2 Å². The smallest absolute Gasteiger partial charge is 0.258 e. The third kappa shape index (κ3) is 3.27. The van der Waals surface area contributed by atoms with Crippen molar-refractivity contribution in [3.8, 4) is 0 Å². The quantitative estimate of drug-likeness (QED) is 0.264. The molecule has 0 aliphatic heterocycles. The number of nitro benzene ring substituents is 1. The van der Waals surface area contributed by atoms with Gasteiger partial charge in [0.25, 0.3) is 5.69 Å². The molecule has 0 radical (unpaired) electrons. The Bertz CT molecular complexity index is 480. The first-order valence-electron chi connectivity index (χ1n) is 4.26. The zero-order valence-electron chi connectivity index (χ0n) is 8.08. The van der Waals surface area contributed by atoms with E-state index in [0.717, 1.165) is 0 Å². The SMILES string of the molecule is [N-]=[N+]=NCC=Cc1ccc([N+](=O)[O-])cc1Cl. The number of azide groups is 1. The molecular weight excluding hydrogens is 232 g/mol. The van der Waals surface area contributed by atoms with Crippen LogP contribution in [0.4, 0.5) is 5.69 Å². The predicted molar refractivity (Wildman–Crippen MR) is 61.2 cm³/mol. The summed E-state index contributed by atoms with van der Waals surface area (Å²) in [5, 5.41) is 14.0. The molecule has 82 valence electrons. The van der Waals surface area contributed by atoms with Crippen LogP contribution in [0.2, 0.25) is 5.02 Å². The maximum atomic E-state index is 10.4. The Labute approximate surface area is 95.9 Å². The van der Waals surface area contributed by atoms with Crippen LogP contribution in [0.25, 0.3) is 16.5 Å². The maximum Gasteiger partial charge on any atom is 0.270 e. The Morgan fingerprint density at radius 2 is 2.38 bits per heavy atom. The van der Waals surface area contributed by atoms with Crippen LogP contribution in [0.15, 0.2) is 29.4 Å². The summed E-state index contributed by atoms with van der Waals surface area (Å²) < 4.78 is 0. The van der Waals surface area contributed by atoms with Crippen molar-refractivity contribution < 1.29 is 4.92 Å². The molecule has 1 aromatic carbocycles. The van der Waals surface area contributed by atoms with Gasteiger partial charge in [-0.3, -0.25) is 10.1 Å². The summed E-state index contributed by atoms with van der Waals surface area (Å²) in [6.45, 7) is 0.212. The van der Waals surface area contributed by atoms with Crippen molar-refractivity contribution in [2.75, 3.05) is 6.54 Å². The zero-order valence-corrected chi connectivity index (χ0v) is 8.83. The topological polar surface area (TPSA) is 91.9 Å². The van der Waals surface area contributed by atoms with Crippen LogP contribution in [0.1, 0.15) is 5.56 Å². The highest BCUT2D eigenvalue weighted by Crippen LogP contribution is 2.23. The summed E-state index contributed by atoms with van der Waals surface area (Å²) in [6, 6.07) is 4.17. The van der Waals surface area contributed by atoms with Gasteiger partial charge < -0.3 is 0 Å². The number of nitrogens with zero attached hydrogens (tertiary/aromatic N) is 4. The normalized spacial score (nSPS) is 10.1. The van der Waals surface area contributed by atoms with E-state index in [1.165, 1.54) is 18.2 Å². The largest absolute Gasteiger partial charge is 0.270 e. The van der Waals surface area contributed by atoms with E-state index >= 15 is 0 Å². The molecule has 0 aliphatic carbocycles. The maximum absolute atomic E-state index is 10.4. The molecule has 0 spiro atoms. The first-order chi connectivity index (χ1) is 7.65. The van der Waals surface area contributed by atoms with E-state index in [9.17, 15) is 10.1 Å². The Morgan fingerprint density at radius 3 is 2.94 bits per heavy atom. The average Bonchev–Trinajstić information content (AvgIpc) is 2.26. The van der Waals surface area contributed by atoms with E-state index in [1.54, 1.807) is 12.2 Å². The van der Waals surface area contributed by atoms with Crippen molar-refractivity contribution in [2.24, 2.45) is 5.11 Å². The minimum absolute atomic E-state index is 0.0582. The zero-order chi connectivity index (χ0) is 12.0. The lowest BCUT2D eigenvalue weighted by Gasteiger charge is -1.97. The number of hydrogen-bond acceptors (Lipinski definition) is 3. The lowest BCUT2D eigenvalue weighted by molar-refractivity contribution is -0.384.